The van der Waals surface area contributed by atoms with Gasteiger partial charge in [-0.05, 0) is 30.0 Å². The normalized spacial score (nSPS) is 14.8. The van der Waals surface area contributed by atoms with Crippen LogP contribution in [-0.4, -0.2) is 30.6 Å². The minimum absolute atomic E-state index is 0.0303. The van der Waals surface area contributed by atoms with E-state index in [0.717, 1.165) is 23.2 Å². The van der Waals surface area contributed by atoms with Crippen LogP contribution in [0.2, 0.25) is 0 Å². The van der Waals surface area contributed by atoms with Crippen LogP contribution in [0.1, 0.15) is 37.0 Å². The Balaban J connectivity index is 2.08. The number of esters is 1. The van der Waals surface area contributed by atoms with Crippen molar-refractivity contribution in [2.75, 3.05) is 18.6 Å². The lowest BCUT2D eigenvalue weighted by Crippen LogP contribution is -2.25. The molecule has 0 aromatic heterocycles. The van der Waals surface area contributed by atoms with Gasteiger partial charge in [-0.25, -0.2) is 0 Å². The molecule has 1 atom stereocenters. The topological polar surface area (TPSA) is 66.8 Å². The predicted octanol–water partition coefficient (Wildman–Crippen LogP) is 1.58. The number of aliphatic hydroxyl groups excluding tert-OH is 1. The third-order valence-electron chi connectivity index (χ3n) is 3.61. The van der Waals surface area contributed by atoms with Crippen molar-refractivity contribution in [3.63, 3.8) is 0 Å². The van der Waals surface area contributed by atoms with Gasteiger partial charge in [0, 0.05) is 25.6 Å². The summed E-state index contributed by atoms with van der Waals surface area (Å²) in [5.41, 5.74) is 2.76. The van der Waals surface area contributed by atoms with Gasteiger partial charge in [0.25, 0.3) is 0 Å². The minimum Gasteiger partial charge on any atom is -0.469 e. The van der Waals surface area contributed by atoms with Crippen molar-refractivity contribution < 1.29 is 19.4 Å². The molecule has 1 unspecified atom stereocenters. The second-order valence-electron chi connectivity index (χ2n) is 4.94. The van der Waals surface area contributed by atoms with Crippen LogP contribution in [0.4, 0.5) is 5.69 Å². The number of methoxy groups -OCH3 is 1. The number of amides is 1. The van der Waals surface area contributed by atoms with Crippen molar-refractivity contribution >= 4 is 17.6 Å². The Morgan fingerprint density at radius 1 is 1.45 bits per heavy atom. The van der Waals surface area contributed by atoms with Crippen molar-refractivity contribution in [1.29, 1.82) is 0 Å². The van der Waals surface area contributed by atoms with E-state index in [9.17, 15) is 14.7 Å². The number of aliphatic hydroxyl groups is 1. The van der Waals surface area contributed by atoms with E-state index in [1.54, 1.807) is 11.8 Å². The van der Waals surface area contributed by atoms with Gasteiger partial charge in [0.15, 0.2) is 0 Å². The van der Waals surface area contributed by atoms with Crippen molar-refractivity contribution in [3.05, 3.63) is 29.3 Å². The molecule has 20 heavy (non-hydrogen) atoms. The van der Waals surface area contributed by atoms with Crippen molar-refractivity contribution in [2.24, 2.45) is 0 Å². The fourth-order valence-electron chi connectivity index (χ4n) is 2.48. The largest absolute Gasteiger partial charge is 0.469 e. The molecule has 1 aliphatic heterocycles. The van der Waals surface area contributed by atoms with Crippen molar-refractivity contribution in [1.82, 2.24) is 0 Å². The van der Waals surface area contributed by atoms with Crippen LogP contribution >= 0.6 is 0 Å². The lowest BCUT2D eigenvalue weighted by Gasteiger charge is -2.16. The average Bonchev–Trinajstić information content (AvgIpc) is 2.87. The van der Waals surface area contributed by atoms with Gasteiger partial charge in [-0.1, -0.05) is 12.1 Å². The number of hydrogen-bond acceptors (Lipinski definition) is 4. The number of ether oxygens (including phenoxy) is 1. The summed E-state index contributed by atoms with van der Waals surface area (Å²) < 4.78 is 4.56. The van der Waals surface area contributed by atoms with Gasteiger partial charge in [0.2, 0.25) is 5.91 Å². The minimum atomic E-state index is -0.689. The summed E-state index contributed by atoms with van der Waals surface area (Å²) in [5, 5.41) is 10.1. The number of carbonyl (C=O) groups excluding carboxylic acids is 2. The highest BCUT2D eigenvalue weighted by molar-refractivity contribution is 5.93. The lowest BCUT2D eigenvalue weighted by molar-refractivity contribution is -0.141. The first-order chi connectivity index (χ1) is 9.52. The van der Waals surface area contributed by atoms with Crippen LogP contribution in [0.3, 0.4) is 0 Å². The zero-order valence-corrected chi connectivity index (χ0v) is 11.8. The predicted molar refractivity (Wildman–Crippen MR) is 74.4 cm³/mol. The molecule has 1 heterocycles. The third-order valence-corrected chi connectivity index (χ3v) is 3.61. The lowest BCUT2D eigenvalue weighted by atomic mass is 10.0. The highest BCUT2D eigenvalue weighted by Crippen LogP contribution is 2.31. The smallest absolute Gasteiger partial charge is 0.305 e. The number of carbonyl (C=O) groups is 2. The molecule has 1 N–H and O–H groups in total. The molecule has 1 aromatic carbocycles. The van der Waals surface area contributed by atoms with Gasteiger partial charge in [-0.2, -0.15) is 0 Å². The zero-order valence-electron chi connectivity index (χ0n) is 11.8. The first-order valence-electron chi connectivity index (χ1n) is 6.68. The Bertz CT molecular complexity index is 527. The molecule has 2 rings (SSSR count). The zero-order chi connectivity index (χ0) is 14.7. The van der Waals surface area contributed by atoms with Crippen LogP contribution in [0, 0.1) is 0 Å². The standard InChI is InChI=1S/C15H19NO4/c1-10(17)16-8-7-11-9-12(3-4-13(11)16)14(18)5-6-15(19)20-2/h3-4,9,14,18H,5-8H2,1-2H3. The van der Waals surface area contributed by atoms with E-state index in [2.05, 4.69) is 4.74 Å². The summed E-state index contributed by atoms with van der Waals surface area (Å²) in [7, 11) is 1.33. The molecule has 0 aliphatic carbocycles. The van der Waals surface area contributed by atoms with Crippen LogP contribution < -0.4 is 4.90 Å². The Hall–Kier alpha value is -1.88. The Labute approximate surface area is 118 Å². The molecule has 0 saturated heterocycles. The highest BCUT2D eigenvalue weighted by atomic mass is 16.5. The molecular formula is C15H19NO4. The van der Waals surface area contributed by atoms with Crippen LogP contribution in [-0.2, 0) is 20.7 Å². The molecule has 1 amide bonds. The van der Waals surface area contributed by atoms with E-state index in [1.165, 1.54) is 7.11 Å². The van der Waals surface area contributed by atoms with E-state index < -0.39 is 6.10 Å². The van der Waals surface area contributed by atoms with E-state index in [0.29, 0.717) is 13.0 Å². The summed E-state index contributed by atoms with van der Waals surface area (Å²) in [6, 6.07) is 5.59. The fourth-order valence-corrected chi connectivity index (χ4v) is 2.48. The first-order valence-corrected chi connectivity index (χ1v) is 6.68. The average molecular weight is 277 g/mol. The second kappa shape index (κ2) is 6.05. The number of benzene rings is 1. The molecule has 1 aliphatic rings. The van der Waals surface area contributed by atoms with Gasteiger partial charge >= 0.3 is 5.97 Å². The van der Waals surface area contributed by atoms with Crippen LogP contribution in [0.5, 0.6) is 0 Å². The molecule has 0 saturated carbocycles. The number of anilines is 1. The van der Waals surface area contributed by atoms with Gasteiger partial charge < -0.3 is 14.7 Å². The third kappa shape index (κ3) is 2.99. The summed E-state index contributed by atoms with van der Waals surface area (Å²) in [6.07, 6.45) is 0.633. The molecule has 0 radical (unpaired) electrons. The number of hydrogen-bond donors (Lipinski definition) is 1. The Morgan fingerprint density at radius 3 is 2.85 bits per heavy atom. The Kier molecular flexibility index (Phi) is 4.39. The molecule has 0 spiro atoms. The van der Waals surface area contributed by atoms with Gasteiger partial charge in [0.05, 0.1) is 13.2 Å². The molecule has 0 fully saturated rings. The summed E-state index contributed by atoms with van der Waals surface area (Å²) in [5.74, 6) is -0.296. The highest BCUT2D eigenvalue weighted by Gasteiger charge is 2.23. The van der Waals surface area contributed by atoms with Crippen molar-refractivity contribution in [2.45, 2.75) is 32.3 Å². The number of nitrogens with zero attached hydrogens (tertiary/aromatic N) is 1. The van der Waals surface area contributed by atoms with E-state index >= 15 is 0 Å². The van der Waals surface area contributed by atoms with Gasteiger partial charge in [-0.15, -0.1) is 0 Å². The first kappa shape index (κ1) is 14.5. The van der Waals surface area contributed by atoms with Crippen molar-refractivity contribution in [3.8, 4) is 0 Å². The SMILES string of the molecule is COC(=O)CCC(O)c1ccc2c(c1)CCN2C(C)=O. The van der Waals surface area contributed by atoms with Gasteiger partial charge in [0.1, 0.15) is 0 Å². The molecule has 0 bridgehead atoms. The van der Waals surface area contributed by atoms with E-state index in [-0.39, 0.29) is 18.3 Å². The summed E-state index contributed by atoms with van der Waals surface area (Å²) >= 11 is 0. The molecule has 5 heteroatoms. The summed E-state index contributed by atoms with van der Waals surface area (Å²) in [4.78, 5) is 24.3. The fraction of sp³-hybridized carbons (Fsp3) is 0.467. The monoisotopic (exact) mass is 277 g/mol. The maximum atomic E-state index is 11.5. The molecule has 5 nitrogen and oxygen atoms in total. The van der Waals surface area contributed by atoms with E-state index in [1.807, 2.05) is 18.2 Å². The number of rotatable bonds is 4. The van der Waals surface area contributed by atoms with E-state index in [4.69, 9.17) is 0 Å². The maximum absolute atomic E-state index is 11.5. The summed E-state index contributed by atoms with van der Waals surface area (Å²) in [6.45, 7) is 2.24. The quantitative estimate of drug-likeness (QED) is 0.849. The second-order valence-corrected chi connectivity index (χ2v) is 4.94. The van der Waals surface area contributed by atoms with Crippen LogP contribution in [0.15, 0.2) is 18.2 Å². The van der Waals surface area contributed by atoms with Crippen LogP contribution in [0.25, 0.3) is 0 Å². The van der Waals surface area contributed by atoms with Gasteiger partial charge in [-0.3, -0.25) is 9.59 Å². The Morgan fingerprint density at radius 2 is 2.20 bits per heavy atom. The molecular weight excluding hydrogens is 258 g/mol. The number of fused-ring (bicyclic) bond motifs is 1. The molecule has 1 aromatic rings. The maximum Gasteiger partial charge on any atom is 0.305 e. The molecule has 108 valence electrons.